The van der Waals surface area contributed by atoms with E-state index in [1.54, 1.807) is 30.3 Å². The zero-order valence-corrected chi connectivity index (χ0v) is 23.2. The van der Waals surface area contributed by atoms with Crippen LogP contribution in [0.2, 0.25) is 0 Å². The van der Waals surface area contributed by atoms with E-state index >= 15 is 0 Å². The van der Waals surface area contributed by atoms with Crippen molar-refractivity contribution in [3.63, 3.8) is 0 Å². The summed E-state index contributed by atoms with van der Waals surface area (Å²) in [5, 5.41) is 4.37. The summed E-state index contributed by atoms with van der Waals surface area (Å²) in [5.74, 6) is -0.0755. The summed E-state index contributed by atoms with van der Waals surface area (Å²) >= 11 is 0. The lowest BCUT2D eigenvalue weighted by Crippen LogP contribution is -2.52. The second-order valence-electron chi connectivity index (χ2n) is 10.6. The number of amides is 1. The van der Waals surface area contributed by atoms with Crippen LogP contribution in [0.1, 0.15) is 46.5 Å². The summed E-state index contributed by atoms with van der Waals surface area (Å²) in [6.07, 6.45) is -2.82. The van der Waals surface area contributed by atoms with E-state index in [1.165, 1.54) is 53.5 Å². The SMILES string of the molecule is CC1(C)CN=C(NN=C(C=Cc2ccc(C(F)(F)F)cc2)C=Cc2ccc(C(F)(F)F)cc2)N(C(=O)c2ccccc2)C1. The fourth-order valence-corrected chi connectivity index (χ4v) is 4.10. The molecule has 0 saturated carbocycles. The normalized spacial score (nSPS) is 15.4. The van der Waals surface area contributed by atoms with Crippen LogP contribution >= 0.6 is 0 Å². The van der Waals surface area contributed by atoms with Crippen molar-refractivity contribution in [1.82, 2.24) is 10.3 Å². The zero-order valence-electron chi connectivity index (χ0n) is 23.2. The summed E-state index contributed by atoms with van der Waals surface area (Å²) in [6, 6.07) is 17.7. The number of nitrogens with zero attached hydrogens (tertiary/aromatic N) is 3. The van der Waals surface area contributed by atoms with Crippen molar-refractivity contribution >= 4 is 29.7 Å². The standard InChI is InChI=1S/C32H28F6N4O/c1-30(2)20-39-29(42(21-30)28(43)24-6-4-3-5-7-24)41-40-27(18-12-22-8-14-25(15-9-22)31(33,34)35)19-13-23-10-16-26(17-11-23)32(36,37)38/h3-19H,20-21H2,1-2H3,(H,39,41). The van der Waals surface area contributed by atoms with Crippen LogP contribution in [0.15, 0.2) is 101 Å². The van der Waals surface area contributed by atoms with Crippen molar-refractivity contribution in [1.29, 1.82) is 0 Å². The molecule has 5 nitrogen and oxygen atoms in total. The molecule has 1 heterocycles. The zero-order chi connectivity index (χ0) is 31.3. The Morgan fingerprint density at radius 3 is 1.77 bits per heavy atom. The number of allylic oxidation sites excluding steroid dienone is 2. The number of halogens is 6. The minimum absolute atomic E-state index is 0.205. The van der Waals surface area contributed by atoms with Crippen LogP contribution in [-0.2, 0) is 12.4 Å². The molecule has 0 bridgehead atoms. The third-order valence-electron chi connectivity index (χ3n) is 6.42. The van der Waals surface area contributed by atoms with Gasteiger partial charge in [0.2, 0.25) is 5.96 Å². The van der Waals surface area contributed by atoms with Crippen LogP contribution in [0.25, 0.3) is 12.2 Å². The van der Waals surface area contributed by atoms with Gasteiger partial charge >= 0.3 is 12.4 Å². The monoisotopic (exact) mass is 598 g/mol. The van der Waals surface area contributed by atoms with Crippen LogP contribution in [0.4, 0.5) is 26.3 Å². The van der Waals surface area contributed by atoms with Gasteiger partial charge in [0.15, 0.2) is 0 Å². The van der Waals surface area contributed by atoms with E-state index in [9.17, 15) is 31.1 Å². The predicted molar refractivity (Wildman–Crippen MR) is 155 cm³/mol. The van der Waals surface area contributed by atoms with Crippen molar-refractivity contribution in [2.45, 2.75) is 26.2 Å². The van der Waals surface area contributed by atoms with Crippen molar-refractivity contribution in [3.05, 3.63) is 119 Å². The predicted octanol–water partition coefficient (Wildman–Crippen LogP) is 7.93. The summed E-state index contributed by atoms with van der Waals surface area (Å²) < 4.78 is 77.7. The van der Waals surface area contributed by atoms with Crippen LogP contribution in [0.3, 0.4) is 0 Å². The molecule has 3 aromatic carbocycles. The maximum atomic E-state index is 13.3. The summed E-state index contributed by atoms with van der Waals surface area (Å²) in [4.78, 5) is 19.3. The van der Waals surface area contributed by atoms with Gasteiger partial charge in [-0.3, -0.25) is 14.7 Å². The molecule has 0 unspecified atom stereocenters. The number of hydrogen-bond donors (Lipinski definition) is 1. The number of nitrogens with one attached hydrogen (secondary N) is 1. The third kappa shape index (κ3) is 8.67. The van der Waals surface area contributed by atoms with Gasteiger partial charge < -0.3 is 0 Å². The van der Waals surface area contributed by atoms with Gasteiger partial charge in [-0.25, -0.2) is 5.43 Å². The number of hydrazone groups is 1. The Morgan fingerprint density at radius 1 is 0.814 bits per heavy atom. The molecular weight excluding hydrogens is 570 g/mol. The molecule has 224 valence electrons. The number of guanidine groups is 1. The number of rotatable bonds is 6. The lowest BCUT2D eigenvalue weighted by Gasteiger charge is -2.36. The number of alkyl halides is 6. The topological polar surface area (TPSA) is 57.1 Å². The number of carbonyl (C=O) groups excluding carboxylic acids is 1. The third-order valence-corrected chi connectivity index (χ3v) is 6.42. The van der Waals surface area contributed by atoms with Crippen LogP contribution in [0.5, 0.6) is 0 Å². The summed E-state index contributed by atoms with van der Waals surface area (Å²) in [5.41, 5.74) is 2.60. The highest BCUT2D eigenvalue weighted by atomic mass is 19.4. The van der Waals surface area contributed by atoms with E-state index in [4.69, 9.17) is 0 Å². The van der Waals surface area contributed by atoms with E-state index in [0.717, 1.165) is 24.3 Å². The smallest absolute Gasteiger partial charge is 0.277 e. The molecule has 0 fully saturated rings. The average molecular weight is 599 g/mol. The van der Waals surface area contributed by atoms with Crippen LogP contribution in [-0.4, -0.2) is 35.6 Å². The highest BCUT2D eigenvalue weighted by Gasteiger charge is 2.33. The molecule has 4 rings (SSSR count). The van der Waals surface area contributed by atoms with E-state index in [2.05, 4.69) is 15.5 Å². The minimum atomic E-state index is -4.47. The molecule has 0 spiro atoms. The van der Waals surface area contributed by atoms with Crippen molar-refractivity contribution in [3.8, 4) is 0 Å². The Hall–Kier alpha value is -4.67. The summed E-state index contributed by atoms with van der Waals surface area (Å²) in [6.45, 7) is 4.74. The molecule has 0 saturated heterocycles. The fourth-order valence-electron chi connectivity index (χ4n) is 4.10. The molecular formula is C32H28F6N4O. The van der Waals surface area contributed by atoms with E-state index in [-0.39, 0.29) is 23.0 Å². The molecule has 0 radical (unpaired) electrons. The maximum absolute atomic E-state index is 13.3. The number of benzene rings is 3. The first-order chi connectivity index (χ1) is 20.2. The molecule has 11 heteroatoms. The molecule has 1 N–H and O–H groups in total. The van der Waals surface area contributed by atoms with Crippen molar-refractivity contribution in [2.24, 2.45) is 15.5 Å². The van der Waals surface area contributed by atoms with Gasteiger partial charge in [0.05, 0.1) is 16.8 Å². The largest absolute Gasteiger partial charge is 0.416 e. The molecule has 43 heavy (non-hydrogen) atoms. The number of carbonyl (C=O) groups is 1. The van der Waals surface area contributed by atoms with Crippen LogP contribution in [0, 0.1) is 5.41 Å². The molecule has 1 amide bonds. The number of aliphatic imine (C=N–C) groups is 1. The first-order valence-corrected chi connectivity index (χ1v) is 13.2. The van der Waals surface area contributed by atoms with E-state index in [1.807, 2.05) is 13.8 Å². The maximum Gasteiger partial charge on any atom is 0.416 e. The first kappa shape index (κ1) is 31.3. The molecule has 0 aromatic heterocycles. The quantitative estimate of drug-likeness (QED) is 0.178. The van der Waals surface area contributed by atoms with Crippen molar-refractivity contribution < 1.29 is 31.1 Å². The Morgan fingerprint density at radius 2 is 1.30 bits per heavy atom. The van der Waals surface area contributed by atoms with Gasteiger partial charge in [-0.2, -0.15) is 31.4 Å². The van der Waals surface area contributed by atoms with Gasteiger partial charge in [0.25, 0.3) is 5.91 Å². The Labute approximate surface area is 244 Å². The van der Waals surface area contributed by atoms with Crippen LogP contribution < -0.4 is 5.43 Å². The Kier molecular flexibility index (Phi) is 9.22. The lowest BCUT2D eigenvalue weighted by atomic mass is 9.91. The second-order valence-corrected chi connectivity index (χ2v) is 10.6. The van der Waals surface area contributed by atoms with E-state index < -0.39 is 23.5 Å². The van der Waals surface area contributed by atoms with Gasteiger partial charge in [0, 0.05) is 24.1 Å². The molecule has 1 aliphatic heterocycles. The minimum Gasteiger partial charge on any atom is -0.277 e. The van der Waals surface area contributed by atoms with Gasteiger partial charge in [-0.05, 0) is 59.7 Å². The molecule has 0 aliphatic carbocycles. The highest BCUT2D eigenvalue weighted by Crippen LogP contribution is 2.30. The first-order valence-electron chi connectivity index (χ1n) is 13.2. The molecule has 1 aliphatic rings. The summed E-state index contributed by atoms with van der Waals surface area (Å²) in [7, 11) is 0. The lowest BCUT2D eigenvalue weighted by molar-refractivity contribution is -0.138. The highest BCUT2D eigenvalue weighted by molar-refractivity contribution is 6.10. The second kappa shape index (κ2) is 12.7. The Balaban J connectivity index is 1.63. The fraction of sp³-hybridized carbons (Fsp3) is 0.219. The van der Waals surface area contributed by atoms with Gasteiger partial charge in [0.1, 0.15) is 0 Å². The van der Waals surface area contributed by atoms with E-state index in [0.29, 0.717) is 29.8 Å². The average Bonchev–Trinajstić information content (AvgIpc) is 2.96. The molecule has 0 atom stereocenters. The Bertz CT molecular complexity index is 1470. The number of hydrogen-bond acceptors (Lipinski definition) is 4. The van der Waals surface area contributed by atoms with Crippen molar-refractivity contribution in [2.75, 3.05) is 13.1 Å². The van der Waals surface area contributed by atoms with Gasteiger partial charge in [-0.1, -0.05) is 68.5 Å². The molecule has 3 aromatic rings. The van der Waals surface area contributed by atoms with Gasteiger partial charge in [-0.15, -0.1) is 0 Å².